The molecule has 1 aromatic heterocycles. The van der Waals surface area contributed by atoms with Crippen molar-refractivity contribution in [2.75, 3.05) is 9.80 Å². The van der Waals surface area contributed by atoms with E-state index < -0.39 is 5.41 Å². The fraction of sp³-hybridized carbons (Fsp3) is 0.0149. The first-order valence-corrected chi connectivity index (χ1v) is 24.1. The topological polar surface area (TPSA) is 19.6 Å². The second-order valence-corrected chi connectivity index (χ2v) is 18.4. The molecule has 3 nitrogen and oxygen atoms in total. The third-order valence-electron chi connectivity index (χ3n) is 14.7. The minimum absolute atomic E-state index is 0.712. The molecule has 0 saturated heterocycles. The average molecular weight is 893 g/mol. The second kappa shape index (κ2) is 16.0. The number of furan rings is 1. The van der Waals surface area contributed by atoms with Gasteiger partial charge < -0.3 is 14.2 Å². The predicted octanol–water partition coefficient (Wildman–Crippen LogP) is 18.2. The Morgan fingerprint density at radius 3 is 1.46 bits per heavy atom. The largest absolute Gasteiger partial charge is 0.456 e. The van der Waals surface area contributed by atoms with Gasteiger partial charge in [-0.25, -0.2) is 0 Å². The first kappa shape index (κ1) is 39.9. The summed E-state index contributed by atoms with van der Waals surface area (Å²) >= 11 is 0. The molecule has 11 aromatic carbocycles. The molecule has 1 unspecified atom stereocenters. The van der Waals surface area contributed by atoms with Crippen molar-refractivity contribution in [1.82, 2.24) is 0 Å². The van der Waals surface area contributed by atoms with E-state index in [2.05, 4.69) is 277 Å². The third kappa shape index (κ3) is 6.08. The molecular formula is C67H44N2O. The molecule has 2 aliphatic rings. The van der Waals surface area contributed by atoms with Crippen LogP contribution in [0.2, 0.25) is 0 Å². The van der Waals surface area contributed by atoms with E-state index in [1.165, 1.54) is 66.4 Å². The van der Waals surface area contributed by atoms with Crippen LogP contribution < -0.4 is 9.80 Å². The van der Waals surface area contributed by atoms with E-state index in [1.807, 2.05) is 0 Å². The zero-order valence-electron chi connectivity index (χ0n) is 38.2. The Morgan fingerprint density at radius 1 is 0.300 bits per heavy atom. The highest BCUT2D eigenvalue weighted by atomic mass is 16.3. The van der Waals surface area contributed by atoms with Crippen molar-refractivity contribution in [2.45, 2.75) is 5.41 Å². The van der Waals surface area contributed by atoms with Crippen LogP contribution in [-0.4, -0.2) is 0 Å². The summed E-state index contributed by atoms with van der Waals surface area (Å²) in [6.07, 6.45) is 0. The fourth-order valence-electron chi connectivity index (χ4n) is 11.6. The highest BCUT2D eigenvalue weighted by Crippen LogP contribution is 2.66. The van der Waals surface area contributed by atoms with Gasteiger partial charge >= 0.3 is 0 Å². The molecule has 0 bridgehead atoms. The molecule has 1 heterocycles. The van der Waals surface area contributed by atoms with Crippen molar-refractivity contribution < 1.29 is 4.42 Å². The number of fused-ring (bicyclic) bond motifs is 13. The molecule has 2 aliphatic carbocycles. The van der Waals surface area contributed by atoms with Gasteiger partial charge in [0, 0.05) is 50.3 Å². The normalized spacial score (nSPS) is 14.1. The molecule has 0 radical (unpaired) electrons. The lowest BCUT2D eigenvalue weighted by molar-refractivity contribution is 0.628. The maximum atomic E-state index is 7.07. The van der Waals surface area contributed by atoms with Gasteiger partial charge in [0.1, 0.15) is 11.3 Å². The zero-order chi connectivity index (χ0) is 46.2. The lowest BCUT2D eigenvalue weighted by Gasteiger charge is -2.33. The molecule has 328 valence electrons. The summed E-state index contributed by atoms with van der Waals surface area (Å²) in [7, 11) is 0. The van der Waals surface area contributed by atoms with Crippen LogP contribution in [0.1, 0.15) is 22.3 Å². The first-order chi connectivity index (χ1) is 34.7. The van der Waals surface area contributed by atoms with Crippen LogP contribution in [0.5, 0.6) is 0 Å². The maximum absolute atomic E-state index is 7.07. The number of hydrogen-bond donors (Lipinski definition) is 0. The summed E-state index contributed by atoms with van der Waals surface area (Å²) in [5.41, 5.74) is 19.9. The number of anilines is 6. The van der Waals surface area contributed by atoms with Crippen LogP contribution in [0.25, 0.3) is 66.4 Å². The summed E-state index contributed by atoms with van der Waals surface area (Å²) < 4.78 is 7.07. The van der Waals surface area contributed by atoms with Gasteiger partial charge in [0.15, 0.2) is 0 Å². The number of benzene rings is 11. The van der Waals surface area contributed by atoms with Crippen molar-refractivity contribution in [3.05, 3.63) is 289 Å². The van der Waals surface area contributed by atoms with Crippen LogP contribution in [-0.2, 0) is 5.41 Å². The van der Waals surface area contributed by atoms with E-state index in [4.69, 9.17) is 4.42 Å². The number of para-hydroxylation sites is 2. The summed E-state index contributed by atoms with van der Waals surface area (Å²) in [6, 6.07) is 97.1. The number of rotatable bonds is 8. The third-order valence-corrected chi connectivity index (χ3v) is 14.7. The van der Waals surface area contributed by atoms with Gasteiger partial charge in [-0.1, -0.05) is 188 Å². The van der Waals surface area contributed by atoms with Crippen molar-refractivity contribution in [3.8, 4) is 44.7 Å². The van der Waals surface area contributed by atoms with Gasteiger partial charge in [0.05, 0.1) is 11.1 Å². The molecule has 14 rings (SSSR count). The predicted molar refractivity (Wildman–Crippen MR) is 290 cm³/mol. The van der Waals surface area contributed by atoms with E-state index in [1.54, 1.807) is 0 Å². The monoisotopic (exact) mass is 892 g/mol. The Hall–Kier alpha value is -9.18. The van der Waals surface area contributed by atoms with Crippen molar-refractivity contribution in [1.29, 1.82) is 0 Å². The molecule has 0 saturated carbocycles. The zero-order valence-corrected chi connectivity index (χ0v) is 38.2. The number of hydrogen-bond acceptors (Lipinski definition) is 3. The summed E-state index contributed by atoms with van der Waals surface area (Å²) in [5.74, 6) is 0.928. The van der Waals surface area contributed by atoms with Crippen molar-refractivity contribution >= 4 is 55.9 Å². The smallest absolute Gasteiger partial charge is 0.140 e. The molecule has 12 aromatic rings. The highest BCUT2D eigenvalue weighted by molar-refractivity contribution is 6.04. The van der Waals surface area contributed by atoms with Crippen LogP contribution >= 0.6 is 0 Å². The fourth-order valence-corrected chi connectivity index (χ4v) is 11.6. The Kier molecular flexibility index (Phi) is 9.11. The maximum Gasteiger partial charge on any atom is 0.140 e. The van der Waals surface area contributed by atoms with E-state index >= 15 is 0 Å². The van der Waals surface area contributed by atoms with E-state index in [0.717, 1.165) is 56.4 Å². The van der Waals surface area contributed by atoms with Crippen LogP contribution in [0.3, 0.4) is 0 Å². The Morgan fingerprint density at radius 2 is 0.771 bits per heavy atom. The number of nitrogens with zero attached hydrogens (tertiary/aromatic N) is 2. The molecule has 0 amide bonds. The Bertz CT molecular complexity index is 3850. The molecule has 3 heteroatoms. The van der Waals surface area contributed by atoms with Crippen LogP contribution in [0.4, 0.5) is 34.1 Å². The molecule has 0 fully saturated rings. The van der Waals surface area contributed by atoms with E-state index in [0.29, 0.717) is 0 Å². The van der Waals surface area contributed by atoms with Crippen LogP contribution in [0, 0.1) is 0 Å². The highest BCUT2D eigenvalue weighted by Gasteiger charge is 2.55. The van der Waals surface area contributed by atoms with Crippen LogP contribution in [0.15, 0.2) is 271 Å². The Balaban J connectivity index is 1.02. The summed E-state index contributed by atoms with van der Waals surface area (Å²) in [6.45, 7) is 0. The molecule has 0 aliphatic heterocycles. The summed E-state index contributed by atoms with van der Waals surface area (Å²) in [5, 5.41) is 3.52. The SMILES string of the molecule is c1ccc(-c2ccc(N(c3ccc(-c4ccccc4)cc3)c3ccc4c(c3)C3(c5ccccc5-4)c4cc(N(c5ccccc5)c5cccc6ccccc56)ccc4-c4oc5ccccc5c43)cc2)cc1. The molecule has 70 heavy (non-hydrogen) atoms. The van der Waals surface area contributed by atoms with Gasteiger partial charge in [-0.05, 0) is 134 Å². The van der Waals surface area contributed by atoms with Gasteiger partial charge in [0.25, 0.3) is 0 Å². The molecular weight excluding hydrogens is 849 g/mol. The lowest BCUT2D eigenvalue weighted by atomic mass is 9.70. The quantitative estimate of drug-likeness (QED) is 0.152. The van der Waals surface area contributed by atoms with Crippen molar-refractivity contribution in [3.63, 3.8) is 0 Å². The van der Waals surface area contributed by atoms with Crippen molar-refractivity contribution in [2.24, 2.45) is 0 Å². The van der Waals surface area contributed by atoms with Gasteiger partial charge in [0.2, 0.25) is 0 Å². The Labute approximate surface area is 407 Å². The lowest BCUT2D eigenvalue weighted by Crippen LogP contribution is -2.26. The standard InChI is InChI=1S/C67H44N2O/c1-4-17-45(18-5-1)47-31-35-51(36-32-47)68(52-37-33-48(34-38-52)46-19-6-2-7-20-46)53-39-41-57-56-26-12-14-28-60(56)67(61(57)43-53)62-44-54(40-42-58(62)66-65(67)59-27-13-15-30-64(59)70-66)69(50-23-8-3-9-24-50)63-29-16-22-49-21-10-11-25-55(49)63/h1-44H. The van der Waals surface area contributed by atoms with Gasteiger partial charge in [-0.15, -0.1) is 0 Å². The average Bonchev–Trinajstić information content (AvgIpc) is 4.06. The van der Waals surface area contributed by atoms with E-state index in [-0.39, 0.29) is 0 Å². The summed E-state index contributed by atoms with van der Waals surface area (Å²) in [4.78, 5) is 4.84. The second-order valence-electron chi connectivity index (χ2n) is 18.4. The molecule has 0 N–H and O–H groups in total. The minimum Gasteiger partial charge on any atom is -0.456 e. The molecule has 1 spiro atoms. The van der Waals surface area contributed by atoms with Gasteiger partial charge in [-0.3, -0.25) is 0 Å². The minimum atomic E-state index is -0.712. The van der Waals surface area contributed by atoms with E-state index in [9.17, 15) is 0 Å². The van der Waals surface area contributed by atoms with Gasteiger partial charge in [-0.2, -0.15) is 0 Å². The first-order valence-electron chi connectivity index (χ1n) is 24.1. The molecule has 1 atom stereocenters.